The van der Waals surface area contributed by atoms with Crippen molar-refractivity contribution in [1.29, 1.82) is 0 Å². The van der Waals surface area contributed by atoms with E-state index in [0.29, 0.717) is 18.0 Å². The number of nitrogens with zero attached hydrogens (tertiary/aromatic N) is 1. The Kier molecular flexibility index (Phi) is 6.30. The summed E-state index contributed by atoms with van der Waals surface area (Å²) in [5.74, 6) is 0.709. The number of urea groups is 1. The maximum Gasteiger partial charge on any atom is 0.317 e. The van der Waals surface area contributed by atoms with Crippen molar-refractivity contribution in [3.05, 3.63) is 54.1 Å². The molecule has 2 aromatic rings. The number of carbonyl (C=O) groups excluding carboxylic acids is 2. The molecule has 0 radical (unpaired) electrons. The Bertz CT molecular complexity index is 926. The average Bonchev–Trinajstić information content (AvgIpc) is 3.11. The molecule has 2 N–H and O–H groups in total. The highest BCUT2D eigenvalue weighted by atomic mass is 16.7. The lowest BCUT2D eigenvalue weighted by molar-refractivity contribution is -0.116. The number of ether oxygens (including phenoxy) is 2. The molecule has 0 atom stereocenters. The van der Waals surface area contributed by atoms with E-state index in [0.717, 1.165) is 37.0 Å². The molecule has 1 aliphatic heterocycles. The van der Waals surface area contributed by atoms with Crippen molar-refractivity contribution in [3.8, 4) is 11.5 Å². The number of amides is 3. The zero-order chi connectivity index (χ0) is 21.7. The molecule has 0 saturated heterocycles. The molecular weight excluding hydrogens is 394 g/mol. The van der Waals surface area contributed by atoms with Crippen molar-refractivity contribution >= 4 is 17.6 Å². The monoisotopic (exact) mass is 423 g/mol. The van der Waals surface area contributed by atoms with Gasteiger partial charge < -0.3 is 25.0 Å². The minimum Gasteiger partial charge on any atom is -0.448 e. The van der Waals surface area contributed by atoms with Gasteiger partial charge in [0.1, 0.15) is 0 Å². The van der Waals surface area contributed by atoms with E-state index in [2.05, 4.69) is 10.6 Å². The zero-order valence-electron chi connectivity index (χ0n) is 17.9. The normalized spacial score (nSPS) is 16.0. The van der Waals surface area contributed by atoms with Crippen molar-refractivity contribution in [2.24, 2.45) is 0 Å². The highest BCUT2D eigenvalue weighted by Gasteiger charge is 2.42. The number of benzene rings is 2. The highest BCUT2D eigenvalue weighted by molar-refractivity contribution is 5.91. The third kappa shape index (κ3) is 5.29. The van der Waals surface area contributed by atoms with Gasteiger partial charge in [0.05, 0.1) is 0 Å². The predicted molar refractivity (Wildman–Crippen MR) is 118 cm³/mol. The van der Waals surface area contributed by atoms with Crippen LogP contribution in [0.4, 0.5) is 10.5 Å². The van der Waals surface area contributed by atoms with E-state index < -0.39 is 5.79 Å². The Labute approximate surface area is 182 Å². The number of anilines is 1. The van der Waals surface area contributed by atoms with Crippen LogP contribution in [0.5, 0.6) is 11.5 Å². The molecule has 0 aromatic heterocycles. The standard InChI is InChI=1S/C24H29N3O4/c1-27(17-18-8-4-2-5-9-18)23(29)25-15-12-22(28)26-19-10-11-20-21(16-19)31-24(30-20)13-6-3-7-14-24/h2,4-5,8-11,16H,3,6-7,12-15,17H2,1H3,(H,25,29)(H,26,28). The molecule has 3 amide bonds. The smallest absolute Gasteiger partial charge is 0.317 e. The summed E-state index contributed by atoms with van der Waals surface area (Å²) in [7, 11) is 1.73. The molecule has 31 heavy (non-hydrogen) atoms. The third-order valence-corrected chi connectivity index (χ3v) is 5.67. The van der Waals surface area contributed by atoms with Gasteiger partial charge in [0.15, 0.2) is 11.5 Å². The molecule has 0 unspecified atom stereocenters. The van der Waals surface area contributed by atoms with Crippen LogP contribution in [0, 0.1) is 0 Å². The molecule has 7 heteroatoms. The lowest BCUT2D eigenvalue weighted by Gasteiger charge is -2.31. The molecule has 4 rings (SSSR count). The molecule has 1 saturated carbocycles. The SMILES string of the molecule is CN(Cc1ccccc1)C(=O)NCCC(=O)Nc1ccc2c(c1)OC1(CCCCC1)O2. The molecule has 1 spiro atoms. The fourth-order valence-corrected chi connectivity index (χ4v) is 4.04. The first-order chi connectivity index (χ1) is 15.0. The molecule has 2 aromatic carbocycles. The predicted octanol–water partition coefficient (Wildman–Crippen LogP) is 4.29. The van der Waals surface area contributed by atoms with E-state index >= 15 is 0 Å². The fraction of sp³-hybridized carbons (Fsp3) is 0.417. The van der Waals surface area contributed by atoms with Crippen LogP contribution in [-0.2, 0) is 11.3 Å². The van der Waals surface area contributed by atoms with Gasteiger partial charge in [-0.3, -0.25) is 4.79 Å². The number of rotatable bonds is 6. The summed E-state index contributed by atoms with van der Waals surface area (Å²) in [4.78, 5) is 26.1. The largest absolute Gasteiger partial charge is 0.448 e. The van der Waals surface area contributed by atoms with E-state index in [1.165, 1.54) is 6.42 Å². The van der Waals surface area contributed by atoms with Crippen molar-refractivity contribution in [2.75, 3.05) is 18.9 Å². The van der Waals surface area contributed by atoms with Crippen molar-refractivity contribution in [3.63, 3.8) is 0 Å². The Morgan fingerprint density at radius 3 is 2.52 bits per heavy atom. The minimum absolute atomic E-state index is 0.169. The van der Waals surface area contributed by atoms with Crippen molar-refractivity contribution in [2.45, 2.75) is 50.9 Å². The van der Waals surface area contributed by atoms with Gasteiger partial charge in [-0.2, -0.15) is 0 Å². The van der Waals surface area contributed by atoms with Crippen LogP contribution in [0.15, 0.2) is 48.5 Å². The van der Waals surface area contributed by atoms with E-state index in [1.807, 2.05) is 48.5 Å². The number of fused-ring (bicyclic) bond motifs is 1. The lowest BCUT2D eigenvalue weighted by Crippen LogP contribution is -2.40. The highest BCUT2D eigenvalue weighted by Crippen LogP contribution is 2.46. The van der Waals surface area contributed by atoms with Crippen LogP contribution < -0.4 is 20.1 Å². The van der Waals surface area contributed by atoms with Crippen LogP contribution in [0.25, 0.3) is 0 Å². The molecule has 1 fully saturated rings. The van der Waals surface area contributed by atoms with Crippen molar-refractivity contribution < 1.29 is 19.1 Å². The van der Waals surface area contributed by atoms with Crippen LogP contribution in [0.3, 0.4) is 0 Å². The summed E-state index contributed by atoms with van der Waals surface area (Å²) in [5, 5.41) is 5.65. The summed E-state index contributed by atoms with van der Waals surface area (Å²) in [6.45, 7) is 0.773. The van der Waals surface area contributed by atoms with Gasteiger partial charge >= 0.3 is 6.03 Å². The molecule has 0 bridgehead atoms. The van der Waals surface area contributed by atoms with Gasteiger partial charge in [-0.05, 0) is 30.5 Å². The summed E-state index contributed by atoms with van der Waals surface area (Å²) in [6.07, 6.45) is 5.38. The number of hydrogen-bond donors (Lipinski definition) is 2. The first-order valence-electron chi connectivity index (χ1n) is 10.9. The quantitative estimate of drug-likeness (QED) is 0.726. The molecule has 2 aliphatic rings. The summed E-state index contributed by atoms with van der Waals surface area (Å²) in [6, 6.07) is 15.0. The van der Waals surface area contributed by atoms with Crippen LogP contribution in [-0.4, -0.2) is 36.2 Å². The number of carbonyl (C=O) groups is 2. The maximum absolute atomic E-state index is 12.3. The van der Waals surface area contributed by atoms with Crippen molar-refractivity contribution in [1.82, 2.24) is 10.2 Å². The Morgan fingerprint density at radius 2 is 1.74 bits per heavy atom. The topological polar surface area (TPSA) is 79.9 Å². The summed E-state index contributed by atoms with van der Waals surface area (Å²) in [5.41, 5.74) is 1.71. The second kappa shape index (κ2) is 9.29. The van der Waals surface area contributed by atoms with Gasteiger partial charge in [-0.25, -0.2) is 4.79 Å². The first-order valence-corrected chi connectivity index (χ1v) is 10.9. The Morgan fingerprint density at radius 1 is 1.00 bits per heavy atom. The van der Waals surface area contributed by atoms with Gasteiger partial charge in [0.25, 0.3) is 5.79 Å². The Balaban J connectivity index is 1.22. The van der Waals surface area contributed by atoms with Gasteiger partial charge in [0.2, 0.25) is 5.91 Å². The van der Waals surface area contributed by atoms with Crippen LogP contribution in [0.2, 0.25) is 0 Å². The molecule has 7 nitrogen and oxygen atoms in total. The van der Waals surface area contributed by atoms with Gasteiger partial charge in [-0.15, -0.1) is 0 Å². The second-order valence-corrected chi connectivity index (χ2v) is 8.21. The van der Waals surface area contributed by atoms with Crippen LogP contribution in [0.1, 0.15) is 44.1 Å². The Hall–Kier alpha value is -3.22. The molecular formula is C24H29N3O4. The minimum atomic E-state index is -0.528. The zero-order valence-corrected chi connectivity index (χ0v) is 17.9. The number of hydrogen-bond acceptors (Lipinski definition) is 4. The first kappa shape index (κ1) is 21.0. The maximum atomic E-state index is 12.3. The summed E-state index contributed by atoms with van der Waals surface area (Å²) >= 11 is 0. The van der Waals surface area contributed by atoms with Gasteiger partial charge in [-0.1, -0.05) is 36.8 Å². The number of nitrogens with one attached hydrogen (secondary N) is 2. The molecule has 1 aliphatic carbocycles. The second-order valence-electron chi connectivity index (χ2n) is 8.21. The lowest BCUT2D eigenvalue weighted by atomic mass is 9.94. The third-order valence-electron chi connectivity index (χ3n) is 5.67. The molecule has 164 valence electrons. The van der Waals surface area contributed by atoms with Crippen LogP contribution >= 0.6 is 0 Å². The van der Waals surface area contributed by atoms with E-state index in [9.17, 15) is 9.59 Å². The molecule has 1 heterocycles. The van der Waals surface area contributed by atoms with E-state index in [4.69, 9.17) is 9.47 Å². The van der Waals surface area contributed by atoms with Gasteiger partial charge in [0, 0.05) is 51.2 Å². The van der Waals surface area contributed by atoms with E-state index in [1.54, 1.807) is 11.9 Å². The van der Waals surface area contributed by atoms with E-state index in [-0.39, 0.29) is 24.9 Å². The summed E-state index contributed by atoms with van der Waals surface area (Å²) < 4.78 is 12.2. The average molecular weight is 424 g/mol. The fourth-order valence-electron chi connectivity index (χ4n) is 4.04.